The number of carbonyl (C=O) groups is 1. The lowest BCUT2D eigenvalue weighted by atomic mass is 9.87. The van der Waals surface area contributed by atoms with E-state index in [-0.39, 0.29) is 23.6 Å². The Morgan fingerprint density at radius 2 is 1.79 bits per heavy atom. The van der Waals surface area contributed by atoms with Crippen molar-refractivity contribution in [2.45, 2.75) is 33.1 Å². The van der Waals surface area contributed by atoms with Gasteiger partial charge in [0.05, 0.1) is 11.1 Å². The van der Waals surface area contributed by atoms with Gasteiger partial charge in [0, 0.05) is 24.6 Å². The van der Waals surface area contributed by atoms with Gasteiger partial charge in [0.1, 0.15) is 24.7 Å². The van der Waals surface area contributed by atoms with Crippen LogP contribution >= 0.6 is 0 Å². The van der Waals surface area contributed by atoms with Gasteiger partial charge in [0.25, 0.3) is 5.69 Å². The Morgan fingerprint density at radius 3 is 2.38 bits per heavy atom. The van der Waals surface area contributed by atoms with Crippen molar-refractivity contribution < 1.29 is 19.2 Å². The van der Waals surface area contributed by atoms with E-state index in [1.807, 2.05) is 24.3 Å². The van der Waals surface area contributed by atoms with Crippen LogP contribution in [0.25, 0.3) is 0 Å². The molecule has 2 aromatic rings. The van der Waals surface area contributed by atoms with Gasteiger partial charge < -0.3 is 9.47 Å². The smallest absolute Gasteiger partial charge is 0.270 e. The first-order valence-electron chi connectivity index (χ1n) is 9.11. The number of rotatable bonds is 8. The second-order valence-electron chi connectivity index (χ2n) is 7.38. The van der Waals surface area contributed by atoms with E-state index in [4.69, 9.17) is 9.47 Å². The molecule has 2 rings (SSSR count). The predicted octanol–water partition coefficient (Wildman–Crippen LogP) is 3.82. The summed E-state index contributed by atoms with van der Waals surface area (Å²) in [7, 11) is 0. The van der Waals surface area contributed by atoms with E-state index < -0.39 is 4.92 Å². The monoisotopic (exact) mass is 399 g/mol. The Hall–Kier alpha value is -3.42. The van der Waals surface area contributed by atoms with Gasteiger partial charge >= 0.3 is 0 Å². The molecule has 1 N–H and O–H groups in total. The summed E-state index contributed by atoms with van der Waals surface area (Å²) in [6.45, 7) is 8.29. The molecule has 0 saturated heterocycles. The van der Waals surface area contributed by atoms with Crippen LogP contribution < -0.4 is 14.9 Å². The van der Waals surface area contributed by atoms with Crippen molar-refractivity contribution in [1.29, 1.82) is 0 Å². The van der Waals surface area contributed by atoms with Gasteiger partial charge in [-0.15, -0.1) is 0 Å². The molecular weight excluding hydrogens is 374 g/mol. The van der Waals surface area contributed by atoms with E-state index >= 15 is 0 Å². The van der Waals surface area contributed by atoms with Crippen LogP contribution in [0.15, 0.2) is 47.6 Å². The highest BCUT2D eigenvalue weighted by molar-refractivity contribution is 5.85. The third-order valence-electron chi connectivity index (χ3n) is 3.96. The fourth-order valence-corrected chi connectivity index (χ4v) is 2.44. The summed E-state index contributed by atoms with van der Waals surface area (Å²) >= 11 is 0. The molecule has 0 fully saturated rings. The van der Waals surface area contributed by atoms with Crippen LogP contribution in [0.4, 0.5) is 5.69 Å². The number of nitro groups is 1. The van der Waals surface area contributed by atoms with Gasteiger partial charge in [-0.2, -0.15) is 5.10 Å². The maximum atomic E-state index is 11.0. The fourth-order valence-electron chi connectivity index (χ4n) is 2.44. The molecule has 0 spiro atoms. The Kier molecular flexibility index (Phi) is 7.30. The zero-order chi connectivity index (χ0) is 21.4. The Labute approximate surface area is 169 Å². The largest absolute Gasteiger partial charge is 0.490 e. The molecule has 0 aliphatic carbocycles. The van der Waals surface area contributed by atoms with Crippen LogP contribution in [-0.4, -0.2) is 30.3 Å². The van der Waals surface area contributed by atoms with Gasteiger partial charge in [-0.1, -0.05) is 32.9 Å². The van der Waals surface area contributed by atoms with Crippen LogP contribution in [0.3, 0.4) is 0 Å². The van der Waals surface area contributed by atoms with Crippen LogP contribution in [0.1, 0.15) is 38.8 Å². The lowest BCUT2D eigenvalue weighted by Crippen LogP contribution is -2.13. The number of amides is 1. The van der Waals surface area contributed by atoms with Gasteiger partial charge in [-0.3, -0.25) is 14.9 Å². The van der Waals surface area contributed by atoms with Gasteiger partial charge in [0.15, 0.2) is 0 Å². The lowest BCUT2D eigenvalue weighted by Gasteiger charge is -2.19. The zero-order valence-electron chi connectivity index (χ0n) is 17.0. The maximum Gasteiger partial charge on any atom is 0.270 e. The molecule has 1 amide bonds. The molecule has 0 unspecified atom stereocenters. The number of hydrogen-bond donors (Lipinski definition) is 1. The Bertz CT molecular complexity index is 886. The Morgan fingerprint density at radius 1 is 1.14 bits per heavy atom. The topological polar surface area (TPSA) is 103 Å². The van der Waals surface area contributed by atoms with Gasteiger partial charge in [-0.25, -0.2) is 5.43 Å². The summed E-state index contributed by atoms with van der Waals surface area (Å²) < 4.78 is 11.4. The molecule has 0 aromatic heterocycles. The van der Waals surface area contributed by atoms with Crippen molar-refractivity contribution in [3.8, 4) is 11.5 Å². The molecule has 0 aliphatic rings. The summed E-state index contributed by atoms with van der Waals surface area (Å²) in [5.74, 6) is 0.786. The second-order valence-corrected chi connectivity index (χ2v) is 7.38. The quantitative estimate of drug-likeness (QED) is 0.315. The normalized spacial score (nSPS) is 11.3. The molecule has 2 aromatic carbocycles. The highest BCUT2D eigenvalue weighted by atomic mass is 16.6. The lowest BCUT2D eigenvalue weighted by molar-refractivity contribution is -0.384. The molecule has 0 bridgehead atoms. The molecule has 8 heteroatoms. The molecule has 8 nitrogen and oxygen atoms in total. The van der Waals surface area contributed by atoms with Crippen molar-refractivity contribution in [3.05, 3.63) is 63.7 Å². The average molecular weight is 399 g/mol. The summed E-state index contributed by atoms with van der Waals surface area (Å²) in [5, 5.41) is 14.7. The molecule has 0 atom stereocenters. The first-order chi connectivity index (χ1) is 13.7. The number of hydrogen-bond acceptors (Lipinski definition) is 6. The van der Waals surface area contributed by atoms with Gasteiger partial charge in [0.2, 0.25) is 5.91 Å². The van der Waals surface area contributed by atoms with Crippen LogP contribution in [-0.2, 0) is 10.2 Å². The van der Waals surface area contributed by atoms with E-state index in [2.05, 4.69) is 31.3 Å². The molecule has 29 heavy (non-hydrogen) atoms. The highest BCUT2D eigenvalue weighted by Crippen LogP contribution is 2.25. The summed E-state index contributed by atoms with van der Waals surface area (Å²) in [6.07, 6.45) is 1.30. The van der Waals surface area contributed by atoms with Crippen molar-refractivity contribution in [2.24, 2.45) is 5.10 Å². The fraction of sp³-hybridized carbons (Fsp3) is 0.333. The molecule has 0 saturated carbocycles. The summed E-state index contributed by atoms with van der Waals surface area (Å²) in [5.41, 5.74) is 3.83. The highest BCUT2D eigenvalue weighted by Gasteiger charge is 2.13. The number of ether oxygens (including phenoxy) is 2. The average Bonchev–Trinajstić information content (AvgIpc) is 2.65. The second kappa shape index (κ2) is 9.68. The number of benzene rings is 2. The summed E-state index contributed by atoms with van der Waals surface area (Å²) in [4.78, 5) is 21.4. The van der Waals surface area contributed by atoms with E-state index in [0.717, 1.165) is 5.75 Å². The first-order valence-corrected chi connectivity index (χ1v) is 9.11. The summed E-state index contributed by atoms with van der Waals surface area (Å²) in [6, 6.07) is 12.1. The zero-order valence-corrected chi connectivity index (χ0v) is 17.0. The SMILES string of the molecule is CC(=O)N/N=C\c1cc([N+](=O)[O-])ccc1OCCOc1ccc(C(C)(C)C)cc1. The van der Waals surface area contributed by atoms with Crippen LogP contribution in [0, 0.1) is 10.1 Å². The number of nitrogens with zero attached hydrogens (tertiary/aromatic N) is 2. The van der Waals surface area contributed by atoms with E-state index in [0.29, 0.717) is 17.9 Å². The number of nitro benzene ring substituents is 1. The third-order valence-corrected chi connectivity index (χ3v) is 3.96. The minimum absolute atomic E-state index is 0.0762. The van der Waals surface area contributed by atoms with Crippen molar-refractivity contribution in [1.82, 2.24) is 5.43 Å². The number of hydrazone groups is 1. The Balaban J connectivity index is 1.97. The number of non-ortho nitro benzene ring substituents is 1. The van der Waals surface area contributed by atoms with Crippen molar-refractivity contribution in [3.63, 3.8) is 0 Å². The van der Waals surface area contributed by atoms with E-state index in [1.54, 1.807) is 0 Å². The van der Waals surface area contributed by atoms with Crippen LogP contribution in [0.5, 0.6) is 11.5 Å². The molecule has 0 aliphatic heterocycles. The van der Waals surface area contributed by atoms with Crippen molar-refractivity contribution >= 4 is 17.8 Å². The molecule has 0 radical (unpaired) electrons. The maximum absolute atomic E-state index is 11.0. The molecule has 154 valence electrons. The number of carbonyl (C=O) groups excluding carboxylic acids is 1. The third kappa shape index (κ3) is 6.91. The standard InChI is InChI=1S/C21H25N3O5/c1-15(25)23-22-14-16-13-18(24(26)27)7-10-20(16)29-12-11-28-19-8-5-17(6-9-19)21(2,3)4/h5-10,13-14H,11-12H2,1-4H3,(H,23,25)/b22-14-. The van der Waals surface area contributed by atoms with E-state index in [1.165, 1.54) is 36.9 Å². The van der Waals surface area contributed by atoms with Crippen molar-refractivity contribution in [2.75, 3.05) is 13.2 Å². The van der Waals surface area contributed by atoms with E-state index in [9.17, 15) is 14.9 Å². The number of nitrogens with one attached hydrogen (secondary N) is 1. The van der Waals surface area contributed by atoms with Crippen LogP contribution in [0.2, 0.25) is 0 Å². The molecule has 0 heterocycles. The first kappa shape index (κ1) is 21.9. The minimum Gasteiger partial charge on any atom is -0.490 e. The minimum atomic E-state index is -0.510. The van der Waals surface area contributed by atoms with Gasteiger partial charge in [-0.05, 0) is 29.2 Å². The predicted molar refractivity (Wildman–Crippen MR) is 111 cm³/mol. The molecular formula is C21H25N3O5.